The largest absolute Gasteiger partial charge is 0.573 e. The molecule has 0 bridgehead atoms. The second-order valence-electron chi connectivity index (χ2n) is 2.55. The normalized spacial score (nSPS) is 11.4. The number of hydrogen-bond acceptors (Lipinski definition) is 2. The Kier molecular flexibility index (Phi) is 2.83. The third-order valence-corrected chi connectivity index (χ3v) is 1.45. The summed E-state index contributed by atoms with van der Waals surface area (Å²) < 4.78 is 51.2. The minimum atomic E-state index is -4.82. The number of ether oxygens (including phenoxy) is 1. The van der Waals surface area contributed by atoms with Crippen molar-refractivity contribution in [2.75, 3.05) is 5.73 Å². The molecule has 0 saturated carbocycles. The van der Waals surface area contributed by atoms with Crippen LogP contribution in [0.4, 0.5) is 23.2 Å². The molecule has 0 aromatic heterocycles. The van der Waals surface area contributed by atoms with Crippen LogP contribution in [-0.4, -0.2) is 6.36 Å². The van der Waals surface area contributed by atoms with Gasteiger partial charge in [-0.05, 0) is 18.2 Å². The molecule has 2 N–H and O–H groups in total. The Morgan fingerprint density at radius 3 is 2.43 bits per heavy atom. The molecule has 78 valence electrons. The minimum absolute atomic E-state index is 0.187. The Morgan fingerprint density at radius 2 is 1.93 bits per heavy atom. The number of nitrogen functional groups attached to an aromatic ring is 1. The number of hydrogen-bond donors (Lipinski definition) is 1. The molecule has 1 rings (SSSR count). The van der Waals surface area contributed by atoms with Crippen LogP contribution in [0.15, 0.2) is 18.2 Å². The summed E-state index contributed by atoms with van der Waals surface area (Å²) in [5, 5.41) is 0. The van der Waals surface area contributed by atoms with E-state index in [-0.39, 0.29) is 11.3 Å². The van der Waals surface area contributed by atoms with Crippen LogP contribution in [0.1, 0.15) is 5.56 Å². The molecule has 0 radical (unpaired) electrons. The van der Waals surface area contributed by atoms with Crippen molar-refractivity contribution in [3.05, 3.63) is 23.8 Å². The Labute approximate surface area is 77.3 Å². The van der Waals surface area contributed by atoms with E-state index < -0.39 is 18.8 Å². The summed E-state index contributed by atoms with van der Waals surface area (Å²) in [5.74, 6) is -0.561. The lowest BCUT2D eigenvalue weighted by Crippen LogP contribution is -2.18. The molecular weight excluding hydrogens is 202 g/mol. The minimum Gasteiger partial charge on any atom is -0.405 e. The van der Waals surface area contributed by atoms with E-state index >= 15 is 0 Å². The topological polar surface area (TPSA) is 35.2 Å². The summed E-state index contributed by atoms with van der Waals surface area (Å²) in [6.45, 7) is -1.06. The number of anilines is 1. The second kappa shape index (κ2) is 3.73. The molecule has 0 aliphatic rings. The lowest BCUT2D eigenvalue weighted by Gasteiger charge is -2.11. The van der Waals surface area contributed by atoms with Crippen LogP contribution in [0.2, 0.25) is 0 Å². The highest BCUT2D eigenvalue weighted by molar-refractivity contribution is 5.47. The van der Waals surface area contributed by atoms with Gasteiger partial charge < -0.3 is 10.5 Å². The van der Waals surface area contributed by atoms with Gasteiger partial charge in [-0.25, -0.2) is 4.39 Å². The number of nitrogens with two attached hydrogens (primary N) is 1. The van der Waals surface area contributed by atoms with Crippen LogP contribution in [0.25, 0.3) is 0 Å². The van der Waals surface area contributed by atoms with E-state index in [9.17, 15) is 17.6 Å². The standard InChI is InChI=1S/C8H7F4NO/c9-4-5-3-6(13)1-2-7(5)14-8(10,11)12/h1-3H,4,13H2. The van der Waals surface area contributed by atoms with Gasteiger partial charge in [-0.15, -0.1) is 13.2 Å². The molecule has 0 saturated heterocycles. The average Bonchev–Trinajstić information content (AvgIpc) is 2.06. The molecule has 0 fully saturated rings. The zero-order valence-electron chi connectivity index (χ0n) is 6.94. The van der Waals surface area contributed by atoms with E-state index in [0.717, 1.165) is 12.1 Å². The Morgan fingerprint density at radius 1 is 1.29 bits per heavy atom. The van der Waals surface area contributed by atoms with E-state index in [1.807, 2.05) is 0 Å². The molecule has 1 aromatic rings. The maximum atomic E-state index is 12.2. The zero-order valence-corrected chi connectivity index (χ0v) is 6.94. The van der Waals surface area contributed by atoms with E-state index in [0.29, 0.717) is 0 Å². The monoisotopic (exact) mass is 209 g/mol. The van der Waals surface area contributed by atoms with Crippen LogP contribution in [-0.2, 0) is 6.67 Å². The third kappa shape index (κ3) is 2.79. The molecule has 0 spiro atoms. The fourth-order valence-corrected chi connectivity index (χ4v) is 0.928. The fraction of sp³-hybridized carbons (Fsp3) is 0.250. The van der Waals surface area contributed by atoms with Gasteiger partial charge in [0.05, 0.1) is 0 Å². The molecule has 0 aliphatic carbocycles. The van der Waals surface area contributed by atoms with Gasteiger partial charge in [0.15, 0.2) is 0 Å². The predicted octanol–water partition coefficient (Wildman–Crippen LogP) is 2.64. The van der Waals surface area contributed by atoms with Gasteiger partial charge in [0, 0.05) is 11.3 Å². The molecule has 2 nitrogen and oxygen atoms in total. The molecule has 0 atom stereocenters. The first kappa shape index (κ1) is 10.6. The van der Waals surface area contributed by atoms with Gasteiger partial charge in [-0.1, -0.05) is 0 Å². The van der Waals surface area contributed by atoms with Crippen LogP contribution in [0, 0.1) is 0 Å². The predicted molar refractivity (Wildman–Crippen MR) is 42.3 cm³/mol. The number of alkyl halides is 4. The van der Waals surface area contributed by atoms with E-state index in [4.69, 9.17) is 5.73 Å². The highest BCUT2D eigenvalue weighted by Crippen LogP contribution is 2.28. The number of benzene rings is 1. The van der Waals surface area contributed by atoms with Gasteiger partial charge >= 0.3 is 6.36 Å². The van der Waals surface area contributed by atoms with Crippen molar-refractivity contribution < 1.29 is 22.3 Å². The average molecular weight is 209 g/mol. The number of halogens is 4. The van der Waals surface area contributed by atoms with Crippen LogP contribution >= 0.6 is 0 Å². The van der Waals surface area contributed by atoms with Crippen LogP contribution in [0.5, 0.6) is 5.75 Å². The summed E-state index contributed by atoms with van der Waals surface area (Å²) in [4.78, 5) is 0. The van der Waals surface area contributed by atoms with E-state index in [2.05, 4.69) is 4.74 Å². The van der Waals surface area contributed by atoms with E-state index in [1.54, 1.807) is 0 Å². The van der Waals surface area contributed by atoms with E-state index in [1.165, 1.54) is 6.07 Å². The lowest BCUT2D eigenvalue weighted by atomic mass is 10.2. The van der Waals surface area contributed by atoms with Gasteiger partial charge in [0.2, 0.25) is 0 Å². The van der Waals surface area contributed by atoms with Crippen molar-refractivity contribution in [3.63, 3.8) is 0 Å². The Hall–Kier alpha value is -1.46. The molecular formula is C8H7F4NO. The highest BCUT2D eigenvalue weighted by atomic mass is 19.4. The van der Waals surface area contributed by atoms with Crippen LogP contribution in [0.3, 0.4) is 0 Å². The smallest absolute Gasteiger partial charge is 0.405 e. The summed E-state index contributed by atoms with van der Waals surface area (Å²) in [6.07, 6.45) is -4.82. The summed E-state index contributed by atoms with van der Waals surface area (Å²) in [7, 11) is 0. The SMILES string of the molecule is Nc1ccc(OC(F)(F)F)c(CF)c1. The zero-order chi connectivity index (χ0) is 10.8. The molecule has 14 heavy (non-hydrogen) atoms. The maximum Gasteiger partial charge on any atom is 0.573 e. The Bertz CT molecular complexity index is 324. The summed E-state index contributed by atoms with van der Waals surface area (Å²) in [6, 6.07) is 3.29. The molecule has 0 unspecified atom stereocenters. The summed E-state index contributed by atoms with van der Waals surface area (Å²) in [5.41, 5.74) is 5.23. The van der Waals surface area contributed by atoms with Crippen LogP contribution < -0.4 is 10.5 Å². The quantitative estimate of drug-likeness (QED) is 0.600. The first-order valence-corrected chi connectivity index (χ1v) is 3.62. The van der Waals surface area contributed by atoms with Crippen molar-refractivity contribution in [3.8, 4) is 5.75 Å². The molecule has 1 aromatic carbocycles. The third-order valence-electron chi connectivity index (χ3n) is 1.45. The van der Waals surface area contributed by atoms with Gasteiger partial charge in [-0.3, -0.25) is 0 Å². The Balaban J connectivity index is 2.97. The van der Waals surface area contributed by atoms with Crippen molar-refractivity contribution in [2.45, 2.75) is 13.0 Å². The second-order valence-corrected chi connectivity index (χ2v) is 2.55. The summed E-state index contributed by atoms with van der Waals surface area (Å²) >= 11 is 0. The molecule has 0 amide bonds. The number of rotatable bonds is 2. The first-order valence-electron chi connectivity index (χ1n) is 3.62. The van der Waals surface area contributed by atoms with Crippen molar-refractivity contribution in [2.24, 2.45) is 0 Å². The van der Waals surface area contributed by atoms with Crippen molar-refractivity contribution in [1.82, 2.24) is 0 Å². The maximum absolute atomic E-state index is 12.2. The van der Waals surface area contributed by atoms with Gasteiger partial charge in [0.25, 0.3) is 0 Å². The molecule has 0 aliphatic heterocycles. The van der Waals surface area contributed by atoms with Gasteiger partial charge in [-0.2, -0.15) is 0 Å². The van der Waals surface area contributed by atoms with Gasteiger partial charge in [0.1, 0.15) is 12.4 Å². The lowest BCUT2D eigenvalue weighted by molar-refractivity contribution is -0.275. The molecule has 0 heterocycles. The van der Waals surface area contributed by atoms with Crippen molar-refractivity contribution in [1.29, 1.82) is 0 Å². The first-order chi connectivity index (χ1) is 6.42. The molecule has 6 heteroatoms. The highest BCUT2D eigenvalue weighted by Gasteiger charge is 2.32. The fourth-order valence-electron chi connectivity index (χ4n) is 0.928. The van der Waals surface area contributed by atoms with Crippen molar-refractivity contribution >= 4 is 5.69 Å².